The first kappa shape index (κ1) is 12.3. The van der Waals surface area contributed by atoms with Crippen LogP contribution >= 0.6 is 11.8 Å². The van der Waals surface area contributed by atoms with Crippen LogP contribution < -0.4 is 5.32 Å². The molecule has 0 saturated heterocycles. The van der Waals surface area contributed by atoms with Crippen LogP contribution in [-0.4, -0.2) is 28.0 Å². The number of imide groups is 1. The molecule has 0 heterocycles. The lowest BCUT2D eigenvalue weighted by Gasteiger charge is -2.01. The first-order chi connectivity index (χ1) is 7.59. The van der Waals surface area contributed by atoms with Crippen molar-refractivity contribution in [2.45, 2.75) is 0 Å². The van der Waals surface area contributed by atoms with E-state index in [4.69, 9.17) is 5.11 Å². The van der Waals surface area contributed by atoms with Crippen LogP contribution in [0.3, 0.4) is 0 Å². The molecule has 0 saturated carbocycles. The molecule has 0 fully saturated rings. The van der Waals surface area contributed by atoms with Crippen molar-refractivity contribution in [3.05, 3.63) is 35.9 Å². The Morgan fingerprint density at radius 2 is 1.81 bits per heavy atom. The number of carboxylic acids is 1. The molecule has 1 aromatic rings. The van der Waals surface area contributed by atoms with E-state index in [9.17, 15) is 14.4 Å². The van der Waals surface area contributed by atoms with E-state index in [0.717, 1.165) is 0 Å². The highest BCUT2D eigenvalue weighted by atomic mass is 32.2. The maximum Gasteiger partial charge on any atom is 0.314 e. The summed E-state index contributed by atoms with van der Waals surface area (Å²) in [6.07, 6.45) is 0. The Bertz CT molecular complexity index is 405. The van der Waals surface area contributed by atoms with Gasteiger partial charge in [0.15, 0.2) is 0 Å². The Morgan fingerprint density at radius 3 is 2.38 bits per heavy atom. The molecule has 0 aliphatic rings. The predicted molar refractivity (Wildman–Crippen MR) is 59.4 cm³/mol. The summed E-state index contributed by atoms with van der Waals surface area (Å²) in [5.41, 5.74) is 0.353. The number of carbonyl (C=O) groups is 3. The second-order valence-corrected chi connectivity index (χ2v) is 3.74. The molecule has 1 aromatic carbocycles. The number of amides is 2. The summed E-state index contributed by atoms with van der Waals surface area (Å²) in [4.78, 5) is 32.7. The second kappa shape index (κ2) is 5.92. The van der Waals surface area contributed by atoms with E-state index >= 15 is 0 Å². The Kier molecular flexibility index (Phi) is 4.53. The number of thioether (sulfide) groups is 1. The minimum atomic E-state index is -1.10. The normalized spacial score (nSPS) is 9.50. The van der Waals surface area contributed by atoms with E-state index in [1.807, 2.05) is 0 Å². The van der Waals surface area contributed by atoms with E-state index in [-0.39, 0.29) is 5.75 Å². The molecule has 2 N–H and O–H groups in total. The van der Waals surface area contributed by atoms with Gasteiger partial charge in [-0.2, -0.15) is 0 Å². The van der Waals surface area contributed by atoms with Gasteiger partial charge in [-0.3, -0.25) is 19.7 Å². The minimum Gasteiger partial charge on any atom is -0.481 e. The highest BCUT2D eigenvalue weighted by molar-refractivity contribution is 8.14. The fourth-order valence-corrected chi connectivity index (χ4v) is 1.34. The lowest BCUT2D eigenvalue weighted by Crippen LogP contribution is -2.27. The van der Waals surface area contributed by atoms with E-state index in [1.165, 1.54) is 0 Å². The Labute approximate surface area is 95.8 Å². The highest BCUT2D eigenvalue weighted by Gasteiger charge is 2.11. The van der Waals surface area contributed by atoms with Crippen LogP contribution in [0, 0.1) is 0 Å². The molecule has 1 rings (SSSR count). The molecule has 0 aromatic heterocycles. The van der Waals surface area contributed by atoms with Crippen molar-refractivity contribution in [1.29, 1.82) is 0 Å². The van der Waals surface area contributed by atoms with Crippen LogP contribution in [0.1, 0.15) is 10.4 Å². The number of rotatable bonds is 3. The minimum absolute atomic E-state index is 0.353. The van der Waals surface area contributed by atoms with E-state index in [0.29, 0.717) is 17.3 Å². The summed E-state index contributed by atoms with van der Waals surface area (Å²) in [6, 6.07) is 8.21. The average molecular weight is 239 g/mol. The smallest absolute Gasteiger partial charge is 0.314 e. The molecule has 84 valence electrons. The zero-order valence-corrected chi connectivity index (χ0v) is 8.99. The lowest BCUT2D eigenvalue weighted by atomic mass is 10.2. The molecule has 5 nitrogen and oxygen atoms in total. The number of hydrogen-bond acceptors (Lipinski definition) is 4. The third kappa shape index (κ3) is 4.14. The first-order valence-corrected chi connectivity index (χ1v) is 5.33. The molecule has 2 amide bonds. The van der Waals surface area contributed by atoms with Crippen LogP contribution in [0.5, 0.6) is 0 Å². The van der Waals surface area contributed by atoms with Crippen molar-refractivity contribution in [3.8, 4) is 0 Å². The standard InChI is InChI=1S/C10H9NO4S/c12-8(13)6-16-10(15)11-9(14)7-4-2-1-3-5-7/h1-5H,6H2,(H,12,13)(H,11,14,15). The fourth-order valence-electron chi connectivity index (χ4n) is 0.918. The van der Waals surface area contributed by atoms with Crippen molar-refractivity contribution >= 4 is 28.9 Å². The molecular weight excluding hydrogens is 230 g/mol. The van der Waals surface area contributed by atoms with Gasteiger partial charge in [-0.05, 0) is 12.1 Å². The number of carboxylic acid groups (broad SMARTS) is 1. The van der Waals surface area contributed by atoms with Gasteiger partial charge in [-0.15, -0.1) is 0 Å². The molecule has 0 bridgehead atoms. The molecule has 6 heteroatoms. The summed E-state index contributed by atoms with van der Waals surface area (Å²) in [5.74, 6) is -2.01. The molecule has 16 heavy (non-hydrogen) atoms. The summed E-state index contributed by atoms with van der Waals surface area (Å²) in [7, 11) is 0. The number of carbonyl (C=O) groups excluding carboxylic acids is 2. The zero-order valence-electron chi connectivity index (χ0n) is 8.17. The van der Waals surface area contributed by atoms with E-state index in [1.54, 1.807) is 30.3 Å². The van der Waals surface area contributed by atoms with Crippen molar-refractivity contribution in [1.82, 2.24) is 5.32 Å². The topological polar surface area (TPSA) is 83.5 Å². The third-order valence-electron chi connectivity index (χ3n) is 1.58. The molecule has 0 spiro atoms. The van der Waals surface area contributed by atoms with Gasteiger partial charge in [0.05, 0.1) is 0 Å². The summed E-state index contributed by atoms with van der Waals surface area (Å²) >= 11 is 0.537. The van der Waals surface area contributed by atoms with Crippen LogP contribution in [0.25, 0.3) is 0 Å². The average Bonchev–Trinajstić information content (AvgIpc) is 2.27. The van der Waals surface area contributed by atoms with E-state index < -0.39 is 17.1 Å². The number of hydrogen-bond donors (Lipinski definition) is 2. The van der Waals surface area contributed by atoms with Crippen molar-refractivity contribution in [2.75, 3.05) is 5.75 Å². The summed E-state index contributed by atoms with van der Waals surface area (Å²) in [5, 5.41) is 9.73. The fraction of sp³-hybridized carbons (Fsp3) is 0.100. The lowest BCUT2D eigenvalue weighted by molar-refractivity contribution is -0.133. The van der Waals surface area contributed by atoms with Crippen molar-refractivity contribution in [2.24, 2.45) is 0 Å². The predicted octanol–water partition coefficient (Wildman–Crippen LogP) is 1.35. The number of aliphatic carboxylic acids is 1. The SMILES string of the molecule is O=C(O)CSC(=O)NC(=O)c1ccccc1. The van der Waals surface area contributed by atoms with Crippen molar-refractivity contribution in [3.63, 3.8) is 0 Å². The molecule has 0 aliphatic heterocycles. The highest BCUT2D eigenvalue weighted by Crippen LogP contribution is 2.03. The first-order valence-electron chi connectivity index (χ1n) is 4.34. The van der Waals surface area contributed by atoms with Crippen LogP contribution in [-0.2, 0) is 4.79 Å². The molecule has 0 atom stereocenters. The third-order valence-corrected chi connectivity index (χ3v) is 2.33. The Balaban J connectivity index is 2.46. The quantitative estimate of drug-likeness (QED) is 0.831. The molecular formula is C10H9NO4S. The van der Waals surface area contributed by atoms with Crippen LogP contribution in [0.15, 0.2) is 30.3 Å². The van der Waals surface area contributed by atoms with Gasteiger partial charge in [-0.25, -0.2) is 0 Å². The summed E-state index contributed by atoms with van der Waals surface area (Å²) in [6.45, 7) is 0. The van der Waals surface area contributed by atoms with E-state index in [2.05, 4.69) is 5.32 Å². The molecule has 0 radical (unpaired) electrons. The zero-order chi connectivity index (χ0) is 12.0. The van der Waals surface area contributed by atoms with Gasteiger partial charge in [0.2, 0.25) is 0 Å². The number of nitrogens with one attached hydrogen (secondary N) is 1. The largest absolute Gasteiger partial charge is 0.481 e. The maximum atomic E-state index is 11.4. The maximum absolute atomic E-state index is 11.4. The van der Waals surface area contributed by atoms with Gasteiger partial charge in [-0.1, -0.05) is 30.0 Å². The number of benzene rings is 1. The second-order valence-electron chi connectivity index (χ2n) is 2.79. The van der Waals surface area contributed by atoms with Gasteiger partial charge >= 0.3 is 5.97 Å². The van der Waals surface area contributed by atoms with Crippen LogP contribution in [0.2, 0.25) is 0 Å². The molecule has 0 unspecified atom stereocenters. The van der Waals surface area contributed by atoms with Gasteiger partial charge < -0.3 is 5.11 Å². The van der Waals surface area contributed by atoms with Gasteiger partial charge in [0.1, 0.15) is 5.75 Å². The van der Waals surface area contributed by atoms with Gasteiger partial charge in [0, 0.05) is 5.56 Å². The van der Waals surface area contributed by atoms with Crippen molar-refractivity contribution < 1.29 is 19.5 Å². The molecule has 0 aliphatic carbocycles. The Morgan fingerprint density at radius 1 is 1.19 bits per heavy atom. The van der Waals surface area contributed by atoms with Crippen LogP contribution in [0.4, 0.5) is 4.79 Å². The summed E-state index contributed by atoms with van der Waals surface area (Å²) < 4.78 is 0. The van der Waals surface area contributed by atoms with Gasteiger partial charge in [0.25, 0.3) is 11.1 Å². The monoisotopic (exact) mass is 239 g/mol. The Hall–Kier alpha value is -1.82.